The van der Waals surface area contributed by atoms with E-state index in [1.807, 2.05) is 0 Å². The summed E-state index contributed by atoms with van der Waals surface area (Å²) in [5.41, 5.74) is 1.39. The van der Waals surface area contributed by atoms with Crippen LogP contribution in [0.25, 0.3) is 0 Å². The van der Waals surface area contributed by atoms with Crippen LogP contribution in [0.15, 0.2) is 34.9 Å². The summed E-state index contributed by atoms with van der Waals surface area (Å²) in [4.78, 5) is 27.8. The van der Waals surface area contributed by atoms with Crippen molar-refractivity contribution in [1.29, 1.82) is 0 Å². The molecule has 2 aromatic rings. The summed E-state index contributed by atoms with van der Waals surface area (Å²) >= 11 is 0. The van der Waals surface area contributed by atoms with Gasteiger partial charge in [0, 0.05) is 38.8 Å². The highest BCUT2D eigenvalue weighted by molar-refractivity contribution is 5.91. The summed E-state index contributed by atoms with van der Waals surface area (Å²) in [5, 5.41) is 6.48. The number of nitrogens with zero attached hydrogens (tertiary/aromatic N) is 3. The van der Waals surface area contributed by atoms with Crippen LogP contribution in [0.1, 0.15) is 21.8 Å². The van der Waals surface area contributed by atoms with Crippen molar-refractivity contribution >= 4 is 11.9 Å². The van der Waals surface area contributed by atoms with Gasteiger partial charge in [0.05, 0.1) is 5.69 Å². The first kappa shape index (κ1) is 21.5. The molecule has 2 heterocycles. The van der Waals surface area contributed by atoms with E-state index in [4.69, 9.17) is 4.52 Å². The number of aromatic nitrogens is 1. The second-order valence-corrected chi connectivity index (χ2v) is 6.79. The standard InChI is InChI=1S/C19H21F3N4O4/c1-13-12-16(30-24-13)17(27)25-8-10-26(11-9-25)18(28)23-7-6-14-2-4-15(5-3-14)29-19(20,21)22/h2-5,12H,6-11H2,1H3,(H,23,28). The van der Waals surface area contributed by atoms with Crippen molar-refractivity contribution in [2.45, 2.75) is 19.7 Å². The Morgan fingerprint density at radius 2 is 1.77 bits per heavy atom. The molecule has 0 bridgehead atoms. The molecule has 1 N–H and O–H groups in total. The lowest BCUT2D eigenvalue weighted by Gasteiger charge is -2.34. The van der Waals surface area contributed by atoms with Gasteiger partial charge < -0.3 is 24.4 Å². The van der Waals surface area contributed by atoms with Gasteiger partial charge in [0.2, 0.25) is 5.76 Å². The van der Waals surface area contributed by atoms with E-state index in [1.165, 1.54) is 24.3 Å². The number of hydrogen-bond donors (Lipinski definition) is 1. The number of halogens is 3. The van der Waals surface area contributed by atoms with E-state index in [9.17, 15) is 22.8 Å². The summed E-state index contributed by atoms with van der Waals surface area (Å²) in [6, 6.07) is 6.82. The van der Waals surface area contributed by atoms with Crippen LogP contribution < -0.4 is 10.1 Å². The molecule has 11 heteroatoms. The van der Waals surface area contributed by atoms with Crippen molar-refractivity contribution in [2.75, 3.05) is 32.7 Å². The fraction of sp³-hybridized carbons (Fsp3) is 0.421. The summed E-state index contributed by atoms with van der Waals surface area (Å²) in [5.74, 6) is -0.367. The lowest BCUT2D eigenvalue weighted by molar-refractivity contribution is -0.274. The largest absolute Gasteiger partial charge is 0.573 e. The van der Waals surface area contributed by atoms with Crippen molar-refractivity contribution in [3.05, 3.63) is 47.3 Å². The molecule has 1 aliphatic heterocycles. The lowest BCUT2D eigenvalue weighted by Crippen LogP contribution is -2.53. The minimum atomic E-state index is -4.72. The molecule has 0 spiro atoms. The molecule has 0 aliphatic carbocycles. The van der Waals surface area contributed by atoms with Crippen molar-refractivity contribution in [1.82, 2.24) is 20.3 Å². The Labute approximate surface area is 170 Å². The third-order valence-electron chi connectivity index (χ3n) is 4.54. The van der Waals surface area contributed by atoms with Crippen LogP contribution >= 0.6 is 0 Å². The molecule has 1 aromatic heterocycles. The monoisotopic (exact) mass is 426 g/mol. The second kappa shape index (κ2) is 9.06. The van der Waals surface area contributed by atoms with Gasteiger partial charge in [0.15, 0.2) is 0 Å². The van der Waals surface area contributed by atoms with Gasteiger partial charge in [-0.05, 0) is 31.0 Å². The average molecular weight is 426 g/mol. The first-order chi connectivity index (χ1) is 14.2. The molecular weight excluding hydrogens is 405 g/mol. The SMILES string of the molecule is Cc1cc(C(=O)N2CCN(C(=O)NCCc3ccc(OC(F)(F)F)cc3)CC2)on1. The minimum absolute atomic E-state index is 0.178. The highest BCUT2D eigenvalue weighted by Crippen LogP contribution is 2.22. The van der Waals surface area contributed by atoms with E-state index >= 15 is 0 Å². The highest BCUT2D eigenvalue weighted by Gasteiger charge is 2.31. The Morgan fingerprint density at radius 3 is 2.33 bits per heavy atom. The van der Waals surface area contributed by atoms with Crippen LogP contribution in [-0.2, 0) is 6.42 Å². The molecule has 1 saturated heterocycles. The number of urea groups is 1. The van der Waals surface area contributed by atoms with E-state index in [1.54, 1.807) is 22.8 Å². The van der Waals surface area contributed by atoms with Crippen LogP contribution in [0.2, 0.25) is 0 Å². The first-order valence-corrected chi connectivity index (χ1v) is 9.31. The summed E-state index contributed by atoms with van der Waals surface area (Å²) in [6.07, 6.45) is -4.26. The molecular formula is C19H21F3N4O4. The molecule has 0 radical (unpaired) electrons. The highest BCUT2D eigenvalue weighted by atomic mass is 19.4. The number of alkyl halides is 3. The van der Waals surface area contributed by atoms with Gasteiger partial charge in [-0.25, -0.2) is 4.79 Å². The van der Waals surface area contributed by atoms with Crippen LogP contribution in [0.4, 0.5) is 18.0 Å². The predicted molar refractivity (Wildman–Crippen MR) is 98.9 cm³/mol. The van der Waals surface area contributed by atoms with Gasteiger partial charge in [0.25, 0.3) is 5.91 Å². The third-order valence-corrected chi connectivity index (χ3v) is 4.54. The van der Waals surface area contributed by atoms with Gasteiger partial charge in [-0.15, -0.1) is 13.2 Å². The Hall–Kier alpha value is -3.24. The quantitative estimate of drug-likeness (QED) is 0.794. The summed E-state index contributed by atoms with van der Waals surface area (Å²) in [7, 11) is 0. The molecule has 1 aliphatic rings. The molecule has 30 heavy (non-hydrogen) atoms. The number of ether oxygens (including phenoxy) is 1. The third kappa shape index (κ3) is 5.88. The molecule has 1 fully saturated rings. The van der Waals surface area contributed by atoms with Crippen LogP contribution in [0.5, 0.6) is 5.75 Å². The van der Waals surface area contributed by atoms with E-state index in [-0.39, 0.29) is 23.4 Å². The maximum Gasteiger partial charge on any atom is 0.573 e. The molecule has 3 amide bonds. The van der Waals surface area contributed by atoms with Crippen LogP contribution in [0, 0.1) is 6.92 Å². The van der Waals surface area contributed by atoms with E-state index in [2.05, 4.69) is 15.2 Å². The average Bonchev–Trinajstić information content (AvgIpc) is 3.14. The fourth-order valence-electron chi connectivity index (χ4n) is 3.02. The van der Waals surface area contributed by atoms with Crippen molar-refractivity contribution < 1.29 is 32.0 Å². The number of aryl methyl sites for hydroxylation is 1. The van der Waals surface area contributed by atoms with Gasteiger partial charge in [-0.1, -0.05) is 17.3 Å². The smallest absolute Gasteiger partial charge is 0.406 e. The Morgan fingerprint density at radius 1 is 1.13 bits per heavy atom. The number of carbonyl (C=O) groups is 2. The zero-order chi connectivity index (χ0) is 21.7. The number of hydrogen-bond acceptors (Lipinski definition) is 5. The molecule has 8 nitrogen and oxygen atoms in total. The molecule has 1 aromatic carbocycles. The zero-order valence-corrected chi connectivity index (χ0v) is 16.2. The lowest BCUT2D eigenvalue weighted by atomic mass is 10.1. The van der Waals surface area contributed by atoms with Gasteiger partial charge in [-0.2, -0.15) is 0 Å². The number of piperazine rings is 1. The number of carbonyl (C=O) groups excluding carboxylic acids is 2. The Balaban J connectivity index is 1.39. The molecule has 0 saturated carbocycles. The Bertz CT molecular complexity index is 875. The summed E-state index contributed by atoms with van der Waals surface area (Å²) < 4.78 is 45.3. The first-order valence-electron chi connectivity index (χ1n) is 9.31. The topological polar surface area (TPSA) is 87.9 Å². The van der Waals surface area contributed by atoms with Crippen molar-refractivity contribution in [3.8, 4) is 5.75 Å². The normalized spacial score (nSPS) is 14.5. The van der Waals surface area contributed by atoms with Crippen molar-refractivity contribution in [3.63, 3.8) is 0 Å². The predicted octanol–water partition coefficient (Wildman–Crippen LogP) is 2.59. The molecule has 0 atom stereocenters. The van der Waals surface area contributed by atoms with Crippen LogP contribution in [-0.4, -0.2) is 66.0 Å². The molecule has 162 valence electrons. The number of benzene rings is 1. The zero-order valence-electron chi connectivity index (χ0n) is 16.2. The number of amides is 3. The van der Waals surface area contributed by atoms with E-state index < -0.39 is 6.36 Å². The van der Waals surface area contributed by atoms with E-state index in [0.29, 0.717) is 44.8 Å². The van der Waals surface area contributed by atoms with Crippen molar-refractivity contribution in [2.24, 2.45) is 0 Å². The van der Waals surface area contributed by atoms with Gasteiger partial charge >= 0.3 is 12.4 Å². The number of rotatable bonds is 5. The Kier molecular flexibility index (Phi) is 6.48. The molecule has 3 rings (SSSR count). The summed E-state index contributed by atoms with van der Waals surface area (Å²) in [6.45, 7) is 3.59. The molecule has 0 unspecified atom stereocenters. The maximum atomic E-state index is 12.3. The second-order valence-electron chi connectivity index (χ2n) is 6.79. The van der Waals surface area contributed by atoms with Gasteiger partial charge in [0.1, 0.15) is 5.75 Å². The van der Waals surface area contributed by atoms with Crippen LogP contribution in [0.3, 0.4) is 0 Å². The maximum absolute atomic E-state index is 12.3. The van der Waals surface area contributed by atoms with E-state index in [0.717, 1.165) is 5.56 Å². The minimum Gasteiger partial charge on any atom is -0.406 e. The number of nitrogens with one attached hydrogen (secondary N) is 1. The van der Waals surface area contributed by atoms with Gasteiger partial charge in [-0.3, -0.25) is 4.79 Å². The fourth-order valence-corrected chi connectivity index (χ4v) is 3.02.